The molecule has 0 fully saturated rings. The van der Waals surface area contributed by atoms with Gasteiger partial charge in [0.1, 0.15) is 0 Å². The van der Waals surface area contributed by atoms with Crippen LogP contribution in [0.1, 0.15) is 44.7 Å². The van der Waals surface area contributed by atoms with Gasteiger partial charge in [-0.3, -0.25) is 24.1 Å². The number of fused-ring (bicyclic) bond motifs is 1. The maximum atomic E-state index is 13.2. The van der Waals surface area contributed by atoms with Crippen molar-refractivity contribution in [3.63, 3.8) is 0 Å². The van der Waals surface area contributed by atoms with Crippen LogP contribution >= 0.6 is 0 Å². The third kappa shape index (κ3) is 4.71. The molecule has 0 bridgehead atoms. The molecule has 35 heavy (non-hydrogen) atoms. The highest BCUT2D eigenvalue weighted by Crippen LogP contribution is 2.34. The van der Waals surface area contributed by atoms with Gasteiger partial charge in [-0.15, -0.1) is 0 Å². The summed E-state index contributed by atoms with van der Waals surface area (Å²) in [4.78, 5) is 52.2. The molecule has 1 heterocycles. The molecule has 3 aromatic carbocycles. The molecular weight excluding hydrogens is 446 g/mol. The van der Waals surface area contributed by atoms with E-state index in [0.29, 0.717) is 16.7 Å². The second-order valence-electron chi connectivity index (χ2n) is 8.76. The fourth-order valence-corrected chi connectivity index (χ4v) is 4.65. The summed E-state index contributed by atoms with van der Waals surface area (Å²) in [7, 11) is 0. The Morgan fingerprint density at radius 2 is 1.17 bits per heavy atom. The van der Waals surface area contributed by atoms with Crippen LogP contribution in [-0.4, -0.2) is 44.9 Å². The van der Waals surface area contributed by atoms with Crippen molar-refractivity contribution in [3.05, 3.63) is 107 Å². The lowest BCUT2D eigenvalue weighted by molar-refractivity contribution is -0.165. The molecule has 0 spiro atoms. The fourth-order valence-electron chi connectivity index (χ4n) is 4.65. The Kier molecular flexibility index (Phi) is 6.78. The Labute approximate surface area is 202 Å². The zero-order valence-electron chi connectivity index (χ0n) is 19.0. The zero-order valence-corrected chi connectivity index (χ0v) is 19.0. The summed E-state index contributed by atoms with van der Waals surface area (Å²) < 4.78 is 0. The van der Waals surface area contributed by atoms with E-state index in [0.717, 1.165) is 10.5 Å². The number of nitrogens with zero attached hydrogens (tertiary/aromatic N) is 1. The average molecular weight is 472 g/mol. The highest BCUT2D eigenvalue weighted by atomic mass is 16.4. The number of carboxylic acid groups (broad SMARTS) is 2. The molecule has 1 aliphatic heterocycles. The first kappa shape index (κ1) is 23.9. The molecule has 0 saturated heterocycles. The highest BCUT2D eigenvalue weighted by Gasteiger charge is 2.48. The number of benzene rings is 3. The summed E-state index contributed by atoms with van der Waals surface area (Å²) >= 11 is 0. The predicted octanol–water partition coefficient (Wildman–Crippen LogP) is 4.07. The maximum absolute atomic E-state index is 13.2. The molecule has 4 rings (SSSR count). The normalized spacial score (nSPS) is 14.0. The number of carbonyl (C=O) groups excluding carboxylic acids is 2. The largest absolute Gasteiger partial charge is 0.480 e. The van der Waals surface area contributed by atoms with Gasteiger partial charge in [0.2, 0.25) is 0 Å². The lowest BCUT2D eigenvalue weighted by atomic mass is 9.76. The number of aliphatic carboxylic acids is 2. The van der Waals surface area contributed by atoms with E-state index < -0.39 is 35.2 Å². The van der Waals surface area contributed by atoms with Crippen LogP contribution in [0.15, 0.2) is 84.9 Å². The Balaban J connectivity index is 1.67. The SMILES string of the molecule is O=C1c2ccccc2C(=O)N1C(CCC(Cc1ccccc1)(C(=O)O)C(=O)O)Cc1ccccc1. The summed E-state index contributed by atoms with van der Waals surface area (Å²) in [5, 5.41) is 20.1. The van der Waals surface area contributed by atoms with E-state index in [1.54, 1.807) is 54.6 Å². The first-order valence-corrected chi connectivity index (χ1v) is 11.3. The van der Waals surface area contributed by atoms with Crippen LogP contribution in [0.5, 0.6) is 0 Å². The van der Waals surface area contributed by atoms with Crippen molar-refractivity contribution in [2.45, 2.75) is 31.7 Å². The number of carboxylic acids is 2. The summed E-state index contributed by atoms with van der Waals surface area (Å²) in [5.41, 5.74) is -0.0780. The van der Waals surface area contributed by atoms with Gasteiger partial charge in [-0.1, -0.05) is 72.8 Å². The highest BCUT2D eigenvalue weighted by molar-refractivity contribution is 6.21. The molecule has 2 amide bonds. The molecule has 7 heteroatoms. The Bertz CT molecular complexity index is 1210. The molecule has 0 radical (unpaired) electrons. The van der Waals surface area contributed by atoms with Crippen LogP contribution in [-0.2, 0) is 22.4 Å². The third-order valence-electron chi connectivity index (χ3n) is 6.58. The van der Waals surface area contributed by atoms with Crippen LogP contribution in [0, 0.1) is 5.41 Å². The minimum Gasteiger partial charge on any atom is -0.480 e. The summed E-state index contributed by atoms with van der Waals surface area (Å²) in [6, 6.07) is 23.6. The molecule has 0 aromatic heterocycles. The van der Waals surface area contributed by atoms with E-state index in [4.69, 9.17) is 0 Å². The second kappa shape index (κ2) is 9.93. The van der Waals surface area contributed by atoms with Crippen molar-refractivity contribution in [1.29, 1.82) is 0 Å². The third-order valence-corrected chi connectivity index (χ3v) is 6.58. The first-order chi connectivity index (χ1) is 16.8. The van der Waals surface area contributed by atoms with Gasteiger partial charge in [0.15, 0.2) is 5.41 Å². The number of hydrogen-bond acceptors (Lipinski definition) is 4. The number of rotatable bonds is 10. The van der Waals surface area contributed by atoms with Gasteiger partial charge in [0.05, 0.1) is 11.1 Å². The quantitative estimate of drug-likeness (QED) is 0.341. The molecule has 1 aliphatic rings. The lowest BCUT2D eigenvalue weighted by Crippen LogP contribution is -2.45. The van der Waals surface area contributed by atoms with Gasteiger partial charge >= 0.3 is 11.9 Å². The van der Waals surface area contributed by atoms with Crippen LogP contribution in [0.2, 0.25) is 0 Å². The maximum Gasteiger partial charge on any atom is 0.321 e. The minimum atomic E-state index is -2.10. The summed E-state index contributed by atoms with van der Waals surface area (Å²) in [5.74, 6) is -3.80. The van der Waals surface area contributed by atoms with Crippen molar-refractivity contribution in [2.24, 2.45) is 5.41 Å². The molecule has 2 N–H and O–H groups in total. The van der Waals surface area contributed by atoms with Crippen LogP contribution in [0.3, 0.4) is 0 Å². The monoisotopic (exact) mass is 471 g/mol. The van der Waals surface area contributed by atoms with Gasteiger partial charge in [-0.25, -0.2) is 0 Å². The molecule has 0 saturated carbocycles. The van der Waals surface area contributed by atoms with E-state index in [-0.39, 0.29) is 25.7 Å². The Morgan fingerprint density at radius 1 is 0.714 bits per heavy atom. The second-order valence-corrected chi connectivity index (χ2v) is 8.76. The van der Waals surface area contributed by atoms with Crippen LogP contribution in [0.4, 0.5) is 0 Å². The molecule has 0 aliphatic carbocycles. The van der Waals surface area contributed by atoms with Gasteiger partial charge in [-0.05, 0) is 48.9 Å². The van der Waals surface area contributed by atoms with Crippen LogP contribution < -0.4 is 0 Å². The van der Waals surface area contributed by atoms with Gasteiger partial charge in [-0.2, -0.15) is 0 Å². The number of imide groups is 1. The van der Waals surface area contributed by atoms with E-state index in [2.05, 4.69) is 0 Å². The van der Waals surface area contributed by atoms with E-state index in [9.17, 15) is 29.4 Å². The van der Waals surface area contributed by atoms with E-state index in [1.807, 2.05) is 30.3 Å². The molecule has 1 unspecified atom stereocenters. The Hall–Kier alpha value is -4.26. The topological polar surface area (TPSA) is 112 Å². The first-order valence-electron chi connectivity index (χ1n) is 11.3. The lowest BCUT2D eigenvalue weighted by Gasteiger charge is -2.31. The molecule has 1 atom stereocenters. The van der Waals surface area contributed by atoms with E-state index >= 15 is 0 Å². The van der Waals surface area contributed by atoms with Gasteiger partial charge < -0.3 is 10.2 Å². The van der Waals surface area contributed by atoms with Gasteiger partial charge in [0, 0.05) is 6.04 Å². The molecular formula is C28H25NO6. The number of hydrogen-bond donors (Lipinski definition) is 2. The summed E-state index contributed by atoms with van der Waals surface area (Å²) in [6.07, 6.45) is -0.158. The molecule has 3 aromatic rings. The zero-order chi connectivity index (χ0) is 25.0. The summed E-state index contributed by atoms with van der Waals surface area (Å²) in [6.45, 7) is 0. The van der Waals surface area contributed by atoms with Crippen molar-refractivity contribution in [2.75, 3.05) is 0 Å². The smallest absolute Gasteiger partial charge is 0.321 e. The Morgan fingerprint density at radius 3 is 1.66 bits per heavy atom. The molecule has 178 valence electrons. The van der Waals surface area contributed by atoms with Crippen molar-refractivity contribution in [3.8, 4) is 0 Å². The van der Waals surface area contributed by atoms with Crippen molar-refractivity contribution in [1.82, 2.24) is 4.90 Å². The predicted molar refractivity (Wildman–Crippen MR) is 128 cm³/mol. The number of amides is 2. The van der Waals surface area contributed by atoms with Crippen LogP contribution in [0.25, 0.3) is 0 Å². The number of carbonyl (C=O) groups is 4. The minimum absolute atomic E-state index is 0.0196. The molecule has 7 nitrogen and oxygen atoms in total. The standard InChI is InChI=1S/C28H25NO6/c30-24-22-13-7-8-14-23(22)25(31)29(24)21(17-19-9-3-1-4-10-19)15-16-28(26(32)33,27(34)35)18-20-11-5-2-6-12-20/h1-14,21H,15-18H2,(H,32,33)(H,34,35). The van der Waals surface area contributed by atoms with Gasteiger partial charge in [0.25, 0.3) is 11.8 Å². The van der Waals surface area contributed by atoms with Crippen molar-refractivity contribution < 1.29 is 29.4 Å². The fraction of sp³-hybridized carbons (Fsp3) is 0.214. The average Bonchev–Trinajstić information content (AvgIpc) is 3.11. The van der Waals surface area contributed by atoms with Crippen molar-refractivity contribution >= 4 is 23.8 Å². The van der Waals surface area contributed by atoms with E-state index in [1.165, 1.54) is 0 Å².